The molecular weight excluding hydrogens is 210 g/mol. The average Bonchev–Trinajstić information content (AvgIpc) is 2.55. The molecule has 0 unspecified atom stereocenters. The third kappa shape index (κ3) is 3.30. The maximum atomic E-state index is 11.0. The number of amides is 1. The Morgan fingerprint density at radius 1 is 1.73 bits per heavy atom. The first kappa shape index (κ1) is 11.6. The van der Waals surface area contributed by atoms with Gasteiger partial charge in [0.15, 0.2) is 0 Å². The Labute approximate surface area is 92.5 Å². The summed E-state index contributed by atoms with van der Waals surface area (Å²) in [5.74, 6) is 4.76. The maximum Gasteiger partial charge on any atom is 0.240 e. The molecule has 0 spiro atoms. The van der Waals surface area contributed by atoms with E-state index in [0.29, 0.717) is 0 Å². The summed E-state index contributed by atoms with van der Waals surface area (Å²) in [6, 6.07) is 0. The number of nitrogens with two attached hydrogens (primary N) is 1. The van der Waals surface area contributed by atoms with Gasteiger partial charge in [0.1, 0.15) is 5.01 Å². The van der Waals surface area contributed by atoms with Gasteiger partial charge in [-0.1, -0.05) is 18.7 Å². The number of allylic oxidation sites excluding steroid dienone is 2. The molecule has 80 valence electrons. The Bertz CT molecular complexity index is 395. The molecule has 1 aromatic heterocycles. The summed E-state index contributed by atoms with van der Waals surface area (Å²) in [6.45, 7) is 5.54. The van der Waals surface area contributed by atoms with Crippen LogP contribution in [0.3, 0.4) is 0 Å². The topological polar surface area (TPSA) is 68.0 Å². The molecule has 0 bridgehead atoms. The van der Waals surface area contributed by atoms with Crippen molar-refractivity contribution in [3.05, 3.63) is 34.3 Å². The van der Waals surface area contributed by atoms with E-state index in [9.17, 15) is 4.79 Å². The number of carbonyl (C=O) groups excluding carboxylic acids is 1. The van der Waals surface area contributed by atoms with Gasteiger partial charge in [0, 0.05) is 4.88 Å². The summed E-state index contributed by atoms with van der Waals surface area (Å²) < 4.78 is 0. The van der Waals surface area contributed by atoms with E-state index in [4.69, 9.17) is 5.84 Å². The van der Waals surface area contributed by atoms with Gasteiger partial charge in [-0.15, -0.1) is 11.3 Å². The zero-order valence-electron chi connectivity index (χ0n) is 8.49. The first-order valence-corrected chi connectivity index (χ1v) is 5.24. The number of hydrazine groups is 1. The summed E-state index contributed by atoms with van der Waals surface area (Å²) >= 11 is 1.50. The van der Waals surface area contributed by atoms with E-state index in [-0.39, 0.29) is 12.3 Å². The zero-order valence-corrected chi connectivity index (χ0v) is 9.30. The molecule has 1 aromatic rings. The fourth-order valence-corrected chi connectivity index (χ4v) is 1.96. The second-order valence-corrected chi connectivity index (χ2v) is 4.18. The third-order valence-corrected chi connectivity index (χ3v) is 2.73. The van der Waals surface area contributed by atoms with Gasteiger partial charge >= 0.3 is 0 Å². The SMILES string of the molecule is C=C/C=C\c1nc(CC(=O)NN)sc1C. The molecule has 0 radical (unpaired) electrons. The van der Waals surface area contributed by atoms with Crippen LogP contribution in [0.4, 0.5) is 0 Å². The molecule has 0 aliphatic carbocycles. The lowest BCUT2D eigenvalue weighted by atomic mass is 10.3. The number of hydrogen-bond donors (Lipinski definition) is 2. The summed E-state index contributed by atoms with van der Waals surface area (Å²) in [4.78, 5) is 16.4. The second-order valence-electron chi connectivity index (χ2n) is 2.89. The molecule has 1 rings (SSSR count). The summed E-state index contributed by atoms with van der Waals surface area (Å²) in [5, 5.41) is 0.763. The number of nitrogens with zero attached hydrogens (tertiary/aromatic N) is 1. The van der Waals surface area contributed by atoms with E-state index in [2.05, 4.69) is 17.0 Å². The Morgan fingerprint density at radius 2 is 2.47 bits per heavy atom. The van der Waals surface area contributed by atoms with Crippen molar-refractivity contribution in [1.29, 1.82) is 0 Å². The predicted molar refractivity (Wildman–Crippen MR) is 62.1 cm³/mol. The molecule has 1 heterocycles. The maximum absolute atomic E-state index is 11.0. The highest BCUT2D eigenvalue weighted by molar-refractivity contribution is 7.11. The second kappa shape index (κ2) is 5.43. The number of carbonyl (C=O) groups is 1. The molecule has 3 N–H and O–H groups in total. The van der Waals surface area contributed by atoms with E-state index >= 15 is 0 Å². The van der Waals surface area contributed by atoms with Crippen molar-refractivity contribution in [2.45, 2.75) is 13.3 Å². The average molecular weight is 223 g/mol. The molecule has 0 aliphatic rings. The van der Waals surface area contributed by atoms with E-state index < -0.39 is 0 Å². The van der Waals surface area contributed by atoms with Crippen LogP contribution in [0.5, 0.6) is 0 Å². The molecule has 0 fully saturated rings. The van der Waals surface area contributed by atoms with Crippen molar-refractivity contribution in [2.24, 2.45) is 5.84 Å². The van der Waals surface area contributed by atoms with E-state index in [1.54, 1.807) is 6.08 Å². The van der Waals surface area contributed by atoms with Crippen molar-refractivity contribution >= 4 is 23.3 Å². The van der Waals surface area contributed by atoms with Crippen molar-refractivity contribution in [2.75, 3.05) is 0 Å². The number of aryl methyl sites for hydroxylation is 1. The Hall–Kier alpha value is -1.46. The summed E-state index contributed by atoms with van der Waals surface area (Å²) in [6.07, 6.45) is 5.59. The smallest absolute Gasteiger partial charge is 0.240 e. The lowest BCUT2D eigenvalue weighted by Crippen LogP contribution is -2.31. The van der Waals surface area contributed by atoms with E-state index in [1.807, 2.05) is 19.1 Å². The lowest BCUT2D eigenvalue weighted by Gasteiger charge is -1.93. The van der Waals surface area contributed by atoms with Crippen molar-refractivity contribution in [3.8, 4) is 0 Å². The van der Waals surface area contributed by atoms with Crippen LogP contribution in [0.25, 0.3) is 6.08 Å². The lowest BCUT2D eigenvalue weighted by molar-refractivity contribution is -0.120. The van der Waals surface area contributed by atoms with Gasteiger partial charge in [-0.2, -0.15) is 0 Å². The molecular formula is C10H13N3OS. The number of nitrogens with one attached hydrogen (secondary N) is 1. The van der Waals surface area contributed by atoms with Gasteiger partial charge in [-0.05, 0) is 13.0 Å². The highest BCUT2D eigenvalue weighted by atomic mass is 32.1. The minimum absolute atomic E-state index is 0.226. The number of hydrogen-bond acceptors (Lipinski definition) is 4. The molecule has 4 nitrogen and oxygen atoms in total. The fourth-order valence-electron chi connectivity index (χ4n) is 1.04. The van der Waals surface area contributed by atoms with Crippen molar-refractivity contribution in [3.63, 3.8) is 0 Å². The zero-order chi connectivity index (χ0) is 11.3. The number of rotatable bonds is 4. The standard InChI is InChI=1S/C10H13N3OS/c1-3-4-5-8-7(2)15-10(12-8)6-9(14)13-11/h3-5H,1,6,11H2,2H3,(H,13,14)/b5-4-. The Morgan fingerprint density at radius 3 is 3.07 bits per heavy atom. The molecule has 0 saturated carbocycles. The Kier molecular flexibility index (Phi) is 4.20. The molecule has 1 amide bonds. The highest BCUT2D eigenvalue weighted by Gasteiger charge is 2.08. The quantitative estimate of drug-likeness (QED) is 0.348. The Balaban J connectivity index is 2.80. The molecule has 0 aromatic carbocycles. The van der Waals surface area contributed by atoms with Crippen LogP contribution in [0.15, 0.2) is 18.7 Å². The first-order chi connectivity index (χ1) is 7.17. The third-order valence-electron chi connectivity index (χ3n) is 1.74. The minimum Gasteiger partial charge on any atom is -0.294 e. The number of thiazole rings is 1. The van der Waals surface area contributed by atoms with Crippen LogP contribution in [0.2, 0.25) is 0 Å². The largest absolute Gasteiger partial charge is 0.294 e. The van der Waals surface area contributed by atoms with Crippen LogP contribution >= 0.6 is 11.3 Å². The van der Waals surface area contributed by atoms with E-state index in [0.717, 1.165) is 15.6 Å². The van der Waals surface area contributed by atoms with Gasteiger partial charge in [-0.25, -0.2) is 10.8 Å². The van der Waals surface area contributed by atoms with Crippen LogP contribution in [0, 0.1) is 6.92 Å². The van der Waals surface area contributed by atoms with Gasteiger partial charge in [0.2, 0.25) is 5.91 Å². The van der Waals surface area contributed by atoms with Crippen LogP contribution in [-0.2, 0) is 11.2 Å². The van der Waals surface area contributed by atoms with Crippen LogP contribution in [0.1, 0.15) is 15.6 Å². The van der Waals surface area contributed by atoms with E-state index in [1.165, 1.54) is 11.3 Å². The van der Waals surface area contributed by atoms with Gasteiger partial charge in [0.05, 0.1) is 12.1 Å². The van der Waals surface area contributed by atoms with Gasteiger partial charge < -0.3 is 0 Å². The molecule has 0 atom stereocenters. The summed E-state index contributed by atoms with van der Waals surface area (Å²) in [7, 11) is 0. The van der Waals surface area contributed by atoms with Gasteiger partial charge in [0.25, 0.3) is 0 Å². The molecule has 5 heteroatoms. The van der Waals surface area contributed by atoms with Crippen LogP contribution in [-0.4, -0.2) is 10.9 Å². The predicted octanol–water partition coefficient (Wildman–Crippen LogP) is 1.18. The first-order valence-electron chi connectivity index (χ1n) is 4.42. The highest BCUT2D eigenvalue weighted by Crippen LogP contribution is 2.19. The molecule has 0 saturated heterocycles. The fraction of sp³-hybridized carbons (Fsp3) is 0.200. The van der Waals surface area contributed by atoms with Crippen LogP contribution < -0.4 is 11.3 Å². The molecule has 0 aliphatic heterocycles. The molecule has 15 heavy (non-hydrogen) atoms. The number of aromatic nitrogens is 1. The monoisotopic (exact) mass is 223 g/mol. The minimum atomic E-state index is -0.233. The summed E-state index contributed by atoms with van der Waals surface area (Å²) in [5.41, 5.74) is 2.95. The normalized spacial score (nSPS) is 10.5. The van der Waals surface area contributed by atoms with Crippen molar-refractivity contribution in [1.82, 2.24) is 10.4 Å². The van der Waals surface area contributed by atoms with Crippen molar-refractivity contribution < 1.29 is 4.79 Å². The van der Waals surface area contributed by atoms with Gasteiger partial charge in [-0.3, -0.25) is 10.2 Å².